The second-order valence-electron chi connectivity index (χ2n) is 3.15. The third kappa shape index (κ3) is 9.92. The molecule has 11 heavy (non-hydrogen) atoms. The quantitative estimate of drug-likeness (QED) is 0.570. The van der Waals surface area contributed by atoms with E-state index in [0.29, 0.717) is 0 Å². The largest absolute Gasteiger partial charge is 0.380 e. The van der Waals surface area contributed by atoms with Crippen molar-refractivity contribution in [1.82, 2.24) is 5.32 Å². The first-order valence-electron chi connectivity index (χ1n) is 4.55. The van der Waals surface area contributed by atoms with Gasteiger partial charge in [-0.05, 0) is 18.9 Å². The molecular weight excluding hydrogens is 138 g/mol. The van der Waals surface area contributed by atoms with Crippen LogP contribution in [0.3, 0.4) is 0 Å². The second-order valence-corrected chi connectivity index (χ2v) is 3.15. The van der Waals surface area contributed by atoms with Crippen LogP contribution in [0, 0.1) is 5.92 Å². The lowest BCUT2D eigenvalue weighted by atomic mass is 10.1. The first-order chi connectivity index (χ1) is 5.27. The van der Waals surface area contributed by atoms with Gasteiger partial charge in [-0.2, -0.15) is 0 Å². The minimum absolute atomic E-state index is 0.758. The Morgan fingerprint density at radius 2 is 2.00 bits per heavy atom. The fourth-order valence-corrected chi connectivity index (χ4v) is 0.742. The zero-order valence-corrected chi connectivity index (χ0v) is 8.02. The predicted molar refractivity (Wildman–Crippen MR) is 48.8 cm³/mol. The maximum absolute atomic E-state index is 5.38. The van der Waals surface area contributed by atoms with E-state index in [1.807, 2.05) is 0 Å². The summed E-state index contributed by atoms with van der Waals surface area (Å²) in [4.78, 5) is 0. The van der Waals surface area contributed by atoms with E-state index in [0.717, 1.165) is 32.2 Å². The SMILES string of the molecule is CCNCCOCCC(C)C. The summed E-state index contributed by atoms with van der Waals surface area (Å²) in [5, 5.41) is 3.21. The molecule has 0 aromatic rings. The Balaban J connectivity index is 2.80. The van der Waals surface area contributed by atoms with Crippen LogP contribution < -0.4 is 5.32 Å². The minimum atomic E-state index is 0.758. The molecule has 2 heteroatoms. The highest BCUT2D eigenvalue weighted by Gasteiger charge is 1.92. The van der Waals surface area contributed by atoms with Crippen molar-refractivity contribution in [2.45, 2.75) is 27.2 Å². The van der Waals surface area contributed by atoms with Crippen molar-refractivity contribution in [2.75, 3.05) is 26.3 Å². The molecule has 0 unspecified atom stereocenters. The van der Waals surface area contributed by atoms with Crippen LogP contribution in [0.1, 0.15) is 27.2 Å². The Morgan fingerprint density at radius 1 is 1.27 bits per heavy atom. The first kappa shape index (κ1) is 10.9. The number of hydrogen-bond acceptors (Lipinski definition) is 2. The monoisotopic (exact) mass is 159 g/mol. The molecule has 0 rings (SSSR count). The third-order valence-electron chi connectivity index (χ3n) is 1.51. The van der Waals surface area contributed by atoms with Crippen LogP contribution in [0.25, 0.3) is 0 Å². The van der Waals surface area contributed by atoms with Crippen molar-refractivity contribution >= 4 is 0 Å². The molecule has 0 saturated carbocycles. The molecule has 0 saturated heterocycles. The molecule has 0 spiro atoms. The van der Waals surface area contributed by atoms with E-state index in [1.54, 1.807) is 0 Å². The molecule has 0 amide bonds. The molecule has 0 aliphatic carbocycles. The first-order valence-corrected chi connectivity index (χ1v) is 4.55. The van der Waals surface area contributed by atoms with Crippen molar-refractivity contribution in [3.63, 3.8) is 0 Å². The molecule has 0 bridgehead atoms. The zero-order valence-electron chi connectivity index (χ0n) is 8.02. The van der Waals surface area contributed by atoms with Gasteiger partial charge in [0, 0.05) is 13.2 Å². The van der Waals surface area contributed by atoms with Gasteiger partial charge in [0.15, 0.2) is 0 Å². The molecule has 2 nitrogen and oxygen atoms in total. The summed E-state index contributed by atoms with van der Waals surface area (Å²) in [7, 11) is 0. The number of hydrogen-bond donors (Lipinski definition) is 1. The fraction of sp³-hybridized carbons (Fsp3) is 1.00. The van der Waals surface area contributed by atoms with E-state index < -0.39 is 0 Å². The van der Waals surface area contributed by atoms with E-state index in [4.69, 9.17) is 4.74 Å². The molecule has 0 fully saturated rings. The molecule has 1 N–H and O–H groups in total. The van der Waals surface area contributed by atoms with Gasteiger partial charge in [-0.15, -0.1) is 0 Å². The standard InChI is InChI=1S/C9H21NO/c1-4-10-6-8-11-7-5-9(2)3/h9-10H,4-8H2,1-3H3. The van der Waals surface area contributed by atoms with Crippen LogP contribution in [-0.2, 0) is 4.74 Å². The van der Waals surface area contributed by atoms with Crippen LogP contribution in [0.2, 0.25) is 0 Å². The van der Waals surface area contributed by atoms with E-state index >= 15 is 0 Å². The summed E-state index contributed by atoms with van der Waals surface area (Å²) in [5.74, 6) is 0.758. The lowest BCUT2D eigenvalue weighted by molar-refractivity contribution is 0.125. The van der Waals surface area contributed by atoms with Gasteiger partial charge in [-0.3, -0.25) is 0 Å². The second kappa shape index (κ2) is 8.02. The number of nitrogens with one attached hydrogen (secondary N) is 1. The Morgan fingerprint density at radius 3 is 2.55 bits per heavy atom. The smallest absolute Gasteiger partial charge is 0.0590 e. The van der Waals surface area contributed by atoms with E-state index in [2.05, 4.69) is 26.1 Å². The van der Waals surface area contributed by atoms with Crippen molar-refractivity contribution < 1.29 is 4.74 Å². The fourth-order valence-electron chi connectivity index (χ4n) is 0.742. The number of likely N-dealkylation sites (N-methyl/N-ethyl adjacent to an activating group) is 1. The zero-order chi connectivity index (χ0) is 8.53. The molecule has 0 atom stereocenters. The lowest BCUT2D eigenvalue weighted by Crippen LogP contribution is -2.19. The molecular formula is C9H21NO. The Kier molecular flexibility index (Phi) is 7.96. The summed E-state index contributed by atoms with van der Waals surface area (Å²) in [5.41, 5.74) is 0. The normalized spacial score (nSPS) is 10.9. The highest BCUT2D eigenvalue weighted by Crippen LogP contribution is 1.97. The molecule has 0 heterocycles. The maximum atomic E-state index is 5.38. The predicted octanol–water partition coefficient (Wildman–Crippen LogP) is 1.66. The Labute approximate surface area is 70.3 Å². The van der Waals surface area contributed by atoms with Crippen LogP contribution in [0.15, 0.2) is 0 Å². The van der Waals surface area contributed by atoms with Crippen LogP contribution in [-0.4, -0.2) is 26.3 Å². The Hall–Kier alpha value is -0.0800. The molecule has 0 aromatic carbocycles. The van der Waals surface area contributed by atoms with Gasteiger partial charge < -0.3 is 10.1 Å². The highest BCUT2D eigenvalue weighted by molar-refractivity contribution is 4.44. The van der Waals surface area contributed by atoms with Gasteiger partial charge in [-0.25, -0.2) is 0 Å². The van der Waals surface area contributed by atoms with Crippen molar-refractivity contribution in [3.8, 4) is 0 Å². The van der Waals surface area contributed by atoms with Crippen LogP contribution >= 0.6 is 0 Å². The van der Waals surface area contributed by atoms with Gasteiger partial charge in [0.2, 0.25) is 0 Å². The summed E-state index contributed by atoms with van der Waals surface area (Å²) in [6.45, 7) is 10.3. The van der Waals surface area contributed by atoms with Crippen molar-refractivity contribution in [1.29, 1.82) is 0 Å². The van der Waals surface area contributed by atoms with Crippen LogP contribution in [0.4, 0.5) is 0 Å². The maximum Gasteiger partial charge on any atom is 0.0590 e. The van der Waals surface area contributed by atoms with Gasteiger partial charge in [-0.1, -0.05) is 20.8 Å². The highest BCUT2D eigenvalue weighted by atomic mass is 16.5. The third-order valence-corrected chi connectivity index (χ3v) is 1.51. The summed E-state index contributed by atoms with van der Waals surface area (Å²) in [6.07, 6.45) is 1.17. The van der Waals surface area contributed by atoms with Gasteiger partial charge >= 0.3 is 0 Å². The minimum Gasteiger partial charge on any atom is -0.380 e. The molecule has 0 aliphatic rings. The summed E-state index contributed by atoms with van der Waals surface area (Å²) >= 11 is 0. The van der Waals surface area contributed by atoms with E-state index in [9.17, 15) is 0 Å². The summed E-state index contributed by atoms with van der Waals surface area (Å²) in [6, 6.07) is 0. The molecule has 0 radical (unpaired) electrons. The number of ether oxygens (including phenoxy) is 1. The number of rotatable bonds is 7. The molecule has 0 aliphatic heterocycles. The van der Waals surface area contributed by atoms with Gasteiger partial charge in [0.25, 0.3) is 0 Å². The van der Waals surface area contributed by atoms with Crippen LogP contribution in [0.5, 0.6) is 0 Å². The average molecular weight is 159 g/mol. The van der Waals surface area contributed by atoms with Crippen molar-refractivity contribution in [2.24, 2.45) is 5.92 Å². The van der Waals surface area contributed by atoms with E-state index in [1.165, 1.54) is 6.42 Å². The summed E-state index contributed by atoms with van der Waals surface area (Å²) < 4.78 is 5.38. The molecule has 68 valence electrons. The molecule has 0 aromatic heterocycles. The lowest BCUT2D eigenvalue weighted by Gasteiger charge is -2.06. The van der Waals surface area contributed by atoms with E-state index in [-0.39, 0.29) is 0 Å². The average Bonchev–Trinajstić information content (AvgIpc) is 1.96. The Bertz CT molecular complexity index is 74.0. The van der Waals surface area contributed by atoms with Gasteiger partial charge in [0.1, 0.15) is 0 Å². The topological polar surface area (TPSA) is 21.3 Å². The van der Waals surface area contributed by atoms with Crippen molar-refractivity contribution in [3.05, 3.63) is 0 Å². The van der Waals surface area contributed by atoms with Gasteiger partial charge in [0.05, 0.1) is 6.61 Å².